The maximum atomic E-state index is 14.1. The number of halogens is 1. The molecule has 8 nitrogen and oxygen atoms in total. The van der Waals surface area contributed by atoms with E-state index < -0.39 is 11.9 Å². The first kappa shape index (κ1) is 24.3. The summed E-state index contributed by atoms with van der Waals surface area (Å²) in [4.78, 5) is 34.2. The highest BCUT2D eigenvalue weighted by atomic mass is 32.2. The van der Waals surface area contributed by atoms with Crippen LogP contribution < -0.4 is 10.2 Å². The van der Waals surface area contributed by atoms with Crippen molar-refractivity contribution in [3.05, 3.63) is 34.5 Å². The number of likely N-dealkylation sites (tertiary alicyclic amines) is 2. The van der Waals surface area contributed by atoms with E-state index in [1.807, 2.05) is 5.01 Å². The highest BCUT2D eigenvalue weighted by Crippen LogP contribution is 2.33. The third-order valence-corrected chi connectivity index (χ3v) is 8.04. The van der Waals surface area contributed by atoms with Crippen LogP contribution in [0.15, 0.2) is 28.1 Å². The second-order valence-electron chi connectivity index (χ2n) is 9.44. The van der Waals surface area contributed by atoms with Gasteiger partial charge in [-0.1, -0.05) is 6.42 Å². The molecule has 0 saturated carbocycles. The fraction of sp³-hybridized carbons (Fsp3) is 0.560. The number of aliphatic imine (C=N–C) groups is 1. The fourth-order valence-corrected chi connectivity index (χ4v) is 6.00. The Labute approximate surface area is 209 Å². The van der Waals surface area contributed by atoms with Crippen molar-refractivity contribution >= 4 is 35.0 Å². The zero-order valence-electron chi connectivity index (χ0n) is 19.9. The molecular formula is C25H32FN5O3S. The average molecular weight is 502 g/mol. The number of thioether (sulfide) groups is 1. The van der Waals surface area contributed by atoms with Crippen molar-refractivity contribution in [1.29, 1.82) is 0 Å². The van der Waals surface area contributed by atoms with E-state index in [0.717, 1.165) is 51.9 Å². The topological polar surface area (TPSA) is 77.5 Å². The lowest BCUT2D eigenvalue weighted by Gasteiger charge is -2.39. The Balaban J connectivity index is 1.23. The standard InChI is InChI=1S/C25H32FN5O3S/c26-19-6-7-21(34-25(33)30-14-8-20(9-15-30)29-11-3-1-4-12-29)18(16-19)17-22-23(32)28-24(35-22)31-13-5-2-10-27-31/h6-7,16-17,20,27H,1-5,8-15H2/b22-17-. The lowest BCUT2D eigenvalue weighted by atomic mass is 10.0. The molecule has 1 aromatic rings. The highest BCUT2D eigenvalue weighted by molar-refractivity contribution is 8.18. The van der Waals surface area contributed by atoms with Gasteiger partial charge >= 0.3 is 6.09 Å². The molecule has 1 aromatic carbocycles. The number of carbonyl (C=O) groups excluding carboxylic acids is 2. The maximum absolute atomic E-state index is 14.1. The van der Waals surface area contributed by atoms with E-state index in [2.05, 4.69) is 15.3 Å². The third kappa shape index (κ3) is 5.87. The van der Waals surface area contributed by atoms with Crippen LogP contribution in [0.1, 0.15) is 50.5 Å². The number of ether oxygens (including phenoxy) is 1. The van der Waals surface area contributed by atoms with Gasteiger partial charge in [0.1, 0.15) is 11.6 Å². The molecule has 0 aromatic heterocycles. The number of amidine groups is 1. The lowest BCUT2D eigenvalue weighted by molar-refractivity contribution is -0.113. The number of benzene rings is 1. The van der Waals surface area contributed by atoms with Crippen molar-refractivity contribution < 1.29 is 18.7 Å². The van der Waals surface area contributed by atoms with E-state index in [-0.39, 0.29) is 11.7 Å². The summed E-state index contributed by atoms with van der Waals surface area (Å²) in [7, 11) is 0. The van der Waals surface area contributed by atoms with E-state index in [1.165, 1.54) is 49.2 Å². The second-order valence-corrected chi connectivity index (χ2v) is 10.5. The van der Waals surface area contributed by atoms with Gasteiger partial charge in [-0.2, -0.15) is 4.99 Å². The molecule has 0 atom stereocenters. The molecule has 3 saturated heterocycles. The molecule has 4 heterocycles. The summed E-state index contributed by atoms with van der Waals surface area (Å²) in [5.41, 5.74) is 3.58. The van der Waals surface area contributed by atoms with Gasteiger partial charge in [0, 0.05) is 37.8 Å². The Morgan fingerprint density at radius 1 is 1.09 bits per heavy atom. The van der Waals surface area contributed by atoms with Crippen LogP contribution in [0.4, 0.5) is 9.18 Å². The number of hydrazine groups is 1. The first-order valence-electron chi connectivity index (χ1n) is 12.6. The van der Waals surface area contributed by atoms with Crippen LogP contribution in [0.3, 0.4) is 0 Å². The van der Waals surface area contributed by atoms with Crippen molar-refractivity contribution in [2.45, 2.75) is 51.0 Å². The molecule has 0 unspecified atom stereocenters. The predicted molar refractivity (Wildman–Crippen MR) is 134 cm³/mol. The Morgan fingerprint density at radius 3 is 2.60 bits per heavy atom. The molecule has 188 valence electrons. The number of amides is 2. The first-order valence-corrected chi connectivity index (χ1v) is 13.4. The van der Waals surface area contributed by atoms with E-state index in [0.29, 0.717) is 34.8 Å². The smallest absolute Gasteiger partial charge is 0.410 e. The maximum Gasteiger partial charge on any atom is 0.415 e. The molecule has 5 rings (SSSR count). The van der Waals surface area contributed by atoms with Gasteiger partial charge in [-0.15, -0.1) is 0 Å². The van der Waals surface area contributed by atoms with E-state index in [4.69, 9.17) is 4.74 Å². The van der Waals surface area contributed by atoms with Crippen molar-refractivity contribution in [2.24, 2.45) is 4.99 Å². The molecule has 0 bridgehead atoms. The monoisotopic (exact) mass is 501 g/mol. The SMILES string of the molecule is O=C1N=C(N2CCCCN2)S/C1=C\c1cc(F)ccc1OC(=O)N1CCC(N2CCCCC2)CC1. The molecule has 4 aliphatic heterocycles. The molecular weight excluding hydrogens is 469 g/mol. The zero-order chi connectivity index (χ0) is 24.2. The minimum atomic E-state index is -0.465. The fourth-order valence-electron chi connectivity index (χ4n) is 5.09. The Hall–Kier alpha value is -2.43. The van der Waals surface area contributed by atoms with Crippen LogP contribution in [0.25, 0.3) is 6.08 Å². The summed E-state index contributed by atoms with van der Waals surface area (Å²) >= 11 is 1.24. The van der Waals surface area contributed by atoms with E-state index >= 15 is 0 Å². The number of hydrogen-bond acceptors (Lipinski definition) is 7. The molecule has 2 amide bonds. The van der Waals surface area contributed by atoms with Gasteiger partial charge in [-0.25, -0.2) is 14.6 Å². The predicted octanol–water partition coefficient (Wildman–Crippen LogP) is 3.85. The van der Waals surface area contributed by atoms with Crippen molar-refractivity contribution in [3.63, 3.8) is 0 Å². The Bertz CT molecular complexity index is 1010. The number of rotatable bonds is 3. The largest absolute Gasteiger partial charge is 0.415 e. The van der Waals surface area contributed by atoms with Crippen LogP contribution in [-0.2, 0) is 4.79 Å². The zero-order valence-corrected chi connectivity index (χ0v) is 20.7. The summed E-state index contributed by atoms with van der Waals surface area (Å²) in [6, 6.07) is 4.51. The molecule has 3 fully saturated rings. The van der Waals surface area contributed by atoms with Crippen LogP contribution in [0, 0.1) is 5.82 Å². The van der Waals surface area contributed by atoms with Gasteiger partial charge in [-0.3, -0.25) is 9.80 Å². The van der Waals surface area contributed by atoms with Crippen molar-refractivity contribution in [1.82, 2.24) is 20.2 Å². The minimum absolute atomic E-state index is 0.236. The van der Waals surface area contributed by atoms with Gasteiger partial charge in [-0.05, 0) is 87.7 Å². The number of hydrogen-bond donors (Lipinski definition) is 1. The molecule has 10 heteroatoms. The molecule has 1 N–H and O–H groups in total. The van der Waals surface area contributed by atoms with Gasteiger partial charge in [0.25, 0.3) is 5.91 Å². The number of nitrogens with zero attached hydrogens (tertiary/aromatic N) is 4. The molecule has 4 aliphatic rings. The summed E-state index contributed by atoms with van der Waals surface area (Å²) < 4.78 is 19.8. The van der Waals surface area contributed by atoms with Crippen LogP contribution in [0.5, 0.6) is 5.75 Å². The summed E-state index contributed by atoms with van der Waals surface area (Å²) in [6.07, 6.45) is 8.93. The summed E-state index contributed by atoms with van der Waals surface area (Å²) in [5.74, 6) is -0.605. The number of carbonyl (C=O) groups is 2. The molecule has 35 heavy (non-hydrogen) atoms. The van der Waals surface area contributed by atoms with Crippen LogP contribution in [-0.4, -0.2) is 77.3 Å². The van der Waals surface area contributed by atoms with Crippen molar-refractivity contribution in [3.8, 4) is 5.75 Å². The van der Waals surface area contributed by atoms with Crippen molar-refractivity contribution in [2.75, 3.05) is 39.3 Å². The summed E-state index contributed by atoms with van der Waals surface area (Å²) in [5, 5.41) is 2.47. The first-order chi connectivity index (χ1) is 17.1. The quantitative estimate of drug-likeness (QED) is 0.631. The van der Waals surface area contributed by atoms with Gasteiger partial charge in [0.2, 0.25) is 0 Å². The summed E-state index contributed by atoms with van der Waals surface area (Å²) in [6.45, 7) is 5.21. The molecule has 0 spiro atoms. The third-order valence-electron chi connectivity index (χ3n) is 7.04. The van der Waals surface area contributed by atoms with Crippen LogP contribution >= 0.6 is 11.8 Å². The Morgan fingerprint density at radius 2 is 1.86 bits per heavy atom. The molecule has 0 aliphatic carbocycles. The Kier molecular flexibility index (Phi) is 7.69. The normalized spacial score (nSPS) is 23.6. The minimum Gasteiger partial charge on any atom is -0.410 e. The van der Waals surface area contributed by atoms with Gasteiger partial charge in [0.05, 0.1) is 4.91 Å². The lowest BCUT2D eigenvalue weighted by Crippen LogP contribution is -2.48. The number of piperidine rings is 2. The van der Waals surface area contributed by atoms with E-state index in [1.54, 1.807) is 11.0 Å². The average Bonchev–Trinajstić information content (AvgIpc) is 3.26. The molecule has 0 radical (unpaired) electrons. The highest BCUT2D eigenvalue weighted by Gasteiger charge is 2.30. The number of nitrogens with one attached hydrogen (secondary N) is 1. The van der Waals surface area contributed by atoms with Gasteiger partial charge in [0.15, 0.2) is 5.17 Å². The second kappa shape index (κ2) is 11.1. The van der Waals surface area contributed by atoms with E-state index in [9.17, 15) is 14.0 Å². The van der Waals surface area contributed by atoms with Crippen LogP contribution in [0.2, 0.25) is 0 Å². The van der Waals surface area contributed by atoms with Gasteiger partial charge < -0.3 is 14.5 Å².